The van der Waals surface area contributed by atoms with E-state index in [-0.39, 0.29) is 17.9 Å². The molecule has 0 fully saturated rings. The van der Waals surface area contributed by atoms with Crippen LogP contribution in [0.5, 0.6) is 0 Å². The Morgan fingerprint density at radius 2 is 2.12 bits per heavy atom. The maximum atomic E-state index is 12.7. The molecule has 0 aliphatic rings. The standard InChI is InChI=1S/C11H12F3NO/c1-4-16-8(3)9-6-15-7(2)5-10(9)11(12,13)14/h5-6H,3-4H2,1-2H3. The highest BCUT2D eigenvalue weighted by Gasteiger charge is 2.34. The van der Waals surface area contributed by atoms with Gasteiger partial charge >= 0.3 is 6.18 Å². The van der Waals surface area contributed by atoms with Crippen molar-refractivity contribution in [2.24, 2.45) is 0 Å². The minimum Gasteiger partial charge on any atom is -0.494 e. The highest BCUT2D eigenvalue weighted by Crippen LogP contribution is 2.34. The molecule has 0 aliphatic heterocycles. The molecule has 88 valence electrons. The Morgan fingerprint density at radius 3 is 2.62 bits per heavy atom. The average molecular weight is 231 g/mol. The van der Waals surface area contributed by atoms with Gasteiger partial charge in [-0.25, -0.2) is 0 Å². The summed E-state index contributed by atoms with van der Waals surface area (Å²) in [4.78, 5) is 3.82. The van der Waals surface area contributed by atoms with Crippen molar-refractivity contribution in [1.82, 2.24) is 4.98 Å². The lowest BCUT2D eigenvalue weighted by Crippen LogP contribution is -2.10. The highest BCUT2D eigenvalue weighted by molar-refractivity contribution is 5.61. The van der Waals surface area contributed by atoms with Crippen molar-refractivity contribution in [2.75, 3.05) is 6.61 Å². The predicted molar refractivity (Wildman–Crippen MR) is 54.6 cm³/mol. The second-order valence-corrected chi connectivity index (χ2v) is 3.23. The van der Waals surface area contributed by atoms with Gasteiger partial charge in [-0.15, -0.1) is 0 Å². The number of rotatable bonds is 3. The fourth-order valence-corrected chi connectivity index (χ4v) is 1.27. The van der Waals surface area contributed by atoms with Crippen molar-refractivity contribution in [2.45, 2.75) is 20.0 Å². The van der Waals surface area contributed by atoms with Crippen molar-refractivity contribution >= 4 is 5.76 Å². The van der Waals surface area contributed by atoms with Crippen molar-refractivity contribution in [3.05, 3.63) is 35.7 Å². The number of alkyl halides is 3. The summed E-state index contributed by atoms with van der Waals surface area (Å²) in [6.45, 7) is 6.91. The Hall–Kier alpha value is -1.52. The van der Waals surface area contributed by atoms with Gasteiger partial charge in [0.2, 0.25) is 0 Å². The molecule has 0 atom stereocenters. The van der Waals surface area contributed by atoms with Crippen molar-refractivity contribution in [3.63, 3.8) is 0 Å². The first-order valence-electron chi connectivity index (χ1n) is 4.72. The normalized spacial score (nSPS) is 11.3. The van der Waals surface area contributed by atoms with Gasteiger partial charge in [-0.3, -0.25) is 4.98 Å². The zero-order valence-electron chi connectivity index (χ0n) is 9.06. The van der Waals surface area contributed by atoms with E-state index in [0.717, 1.165) is 12.3 Å². The van der Waals surface area contributed by atoms with Gasteiger partial charge in [0.25, 0.3) is 0 Å². The lowest BCUT2D eigenvalue weighted by Gasteiger charge is -2.14. The van der Waals surface area contributed by atoms with Crippen LogP contribution in [0.25, 0.3) is 5.76 Å². The fourth-order valence-electron chi connectivity index (χ4n) is 1.27. The molecule has 5 heteroatoms. The van der Waals surface area contributed by atoms with Crippen LogP contribution in [-0.4, -0.2) is 11.6 Å². The summed E-state index contributed by atoms with van der Waals surface area (Å²) in [5, 5.41) is 0. The maximum Gasteiger partial charge on any atom is 0.417 e. The molecule has 0 N–H and O–H groups in total. The first-order valence-corrected chi connectivity index (χ1v) is 4.72. The van der Waals surface area contributed by atoms with E-state index in [1.807, 2.05) is 0 Å². The minimum absolute atomic E-state index is 0.0117. The van der Waals surface area contributed by atoms with E-state index in [2.05, 4.69) is 11.6 Å². The fraction of sp³-hybridized carbons (Fsp3) is 0.364. The molecule has 0 radical (unpaired) electrons. The van der Waals surface area contributed by atoms with E-state index >= 15 is 0 Å². The Bertz CT molecular complexity index is 399. The van der Waals surface area contributed by atoms with Crippen molar-refractivity contribution in [3.8, 4) is 0 Å². The van der Waals surface area contributed by atoms with Crippen molar-refractivity contribution < 1.29 is 17.9 Å². The minimum atomic E-state index is -4.43. The lowest BCUT2D eigenvalue weighted by atomic mass is 10.1. The Labute approximate surface area is 91.8 Å². The van der Waals surface area contributed by atoms with Crippen LogP contribution in [-0.2, 0) is 10.9 Å². The summed E-state index contributed by atoms with van der Waals surface area (Å²) in [6.07, 6.45) is -3.29. The molecule has 0 aromatic carbocycles. The zero-order chi connectivity index (χ0) is 12.3. The third kappa shape index (κ3) is 2.74. The van der Waals surface area contributed by atoms with Gasteiger partial charge in [-0.2, -0.15) is 13.2 Å². The highest BCUT2D eigenvalue weighted by atomic mass is 19.4. The number of halogens is 3. The molecule has 0 spiro atoms. The molecule has 1 aromatic heterocycles. The van der Waals surface area contributed by atoms with E-state index in [0.29, 0.717) is 5.69 Å². The van der Waals surface area contributed by atoms with Crippen LogP contribution >= 0.6 is 0 Å². The second-order valence-electron chi connectivity index (χ2n) is 3.23. The molecule has 1 heterocycles. The number of aryl methyl sites for hydroxylation is 1. The SMILES string of the molecule is C=C(OCC)c1cnc(C)cc1C(F)(F)F. The molecule has 0 saturated heterocycles. The van der Waals surface area contributed by atoms with Crippen LogP contribution in [0.4, 0.5) is 13.2 Å². The Kier molecular flexibility index (Phi) is 3.57. The Morgan fingerprint density at radius 1 is 1.50 bits per heavy atom. The molecule has 0 aliphatic carbocycles. The van der Waals surface area contributed by atoms with Crippen LogP contribution in [0, 0.1) is 6.92 Å². The Balaban J connectivity index is 3.23. The molecule has 0 saturated carbocycles. The first kappa shape index (κ1) is 12.5. The number of hydrogen-bond donors (Lipinski definition) is 0. The molecule has 0 unspecified atom stereocenters. The van der Waals surface area contributed by atoms with Crippen LogP contribution in [0.1, 0.15) is 23.7 Å². The van der Waals surface area contributed by atoms with Crippen LogP contribution in [0.2, 0.25) is 0 Å². The zero-order valence-corrected chi connectivity index (χ0v) is 9.06. The number of aromatic nitrogens is 1. The lowest BCUT2D eigenvalue weighted by molar-refractivity contribution is -0.138. The van der Waals surface area contributed by atoms with Crippen LogP contribution < -0.4 is 0 Å². The van der Waals surface area contributed by atoms with E-state index < -0.39 is 11.7 Å². The van der Waals surface area contributed by atoms with Gasteiger partial charge in [0.15, 0.2) is 0 Å². The summed E-state index contributed by atoms with van der Waals surface area (Å²) >= 11 is 0. The number of pyridine rings is 1. The number of ether oxygens (including phenoxy) is 1. The average Bonchev–Trinajstić information content (AvgIpc) is 2.16. The van der Waals surface area contributed by atoms with E-state index in [9.17, 15) is 13.2 Å². The van der Waals surface area contributed by atoms with E-state index in [1.165, 1.54) is 6.92 Å². The van der Waals surface area contributed by atoms with Gasteiger partial charge < -0.3 is 4.74 Å². The van der Waals surface area contributed by atoms with E-state index in [1.54, 1.807) is 6.92 Å². The summed E-state index contributed by atoms with van der Waals surface area (Å²) < 4.78 is 43.1. The summed E-state index contributed by atoms with van der Waals surface area (Å²) in [5.74, 6) is -0.0117. The number of nitrogens with zero attached hydrogens (tertiary/aromatic N) is 1. The molecular formula is C11H12F3NO. The number of hydrogen-bond acceptors (Lipinski definition) is 2. The van der Waals surface area contributed by atoms with Gasteiger partial charge in [0.1, 0.15) is 5.76 Å². The molecule has 0 amide bonds. The third-order valence-electron chi connectivity index (χ3n) is 1.97. The second kappa shape index (κ2) is 4.55. The monoisotopic (exact) mass is 231 g/mol. The molecule has 0 bridgehead atoms. The maximum absolute atomic E-state index is 12.7. The van der Waals surface area contributed by atoms with Crippen molar-refractivity contribution in [1.29, 1.82) is 0 Å². The molecule has 1 aromatic rings. The van der Waals surface area contributed by atoms with Gasteiger partial charge in [0.05, 0.1) is 12.2 Å². The predicted octanol–water partition coefficient (Wildman–Crippen LogP) is 3.42. The van der Waals surface area contributed by atoms with Gasteiger partial charge in [-0.05, 0) is 19.9 Å². The van der Waals surface area contributed by atoms with Crippen LogP contribution in [0.3, 0.4) is 0 Å². The summed E-state index contributed by atoms with van der Waals surface area (Å²) in [7, 11) is 0. The molecular weight excluding hydrogens is 219 g/mol. The van der Waals surface area contributed by atoms with Gasteiger partial charge in [0, 0.05) is 17.5 Å². The first-order chi connectivity index (χ1) is 7.36. The van der Waals surface area contributed by atoms with Crippen LogP contribution in [0.15, 0.2) is 18.8 Å². The third-order valence-corrected chi connectivity index (χ3v) is 1.97. The molecule has 1 rings (SSSR count). The molecule has 16 heavy (non-hydrogen) atoms. The smallest absolute Gasteiger partial charge is 0.417 e. The van der Waals surface area contributed by atoms with Gasteiger partial charge in [-0.1, -0.05) is 6.58 Å². The van der Waals surface area contributed by atoms with E-state index in [4.69, 9.17) is 4.74 Å². The topological polar surface area (TPSA) is 22.1 Å². The summed E-state index contributed by atoms with van der Waals surface area (Å²) in [6, 6.07) is 0.986. The molecule has 2 nitrogen and oxygen atoms in total. The largest absolute Gasteiger partial charge is 0.494 e. The summed E-state index contributed by atoms with van der Waals surface area (Å²) in [5.41, 5.74) is -0.571. The quantitative estimate of drug-likeness (QED) is 0.743.